The fourth-order valence-electron chi connectivity index (χ4n) is 13.4. The number of hydrogen-bond acceptors (Lipinski definition) is 21. The number of benzene rings is 1. The van der Waals surface area contributed by atoms with E-state index >= 15 is 0 Å². The first kappa shape index (κ1) is 84.0. The maximum Gasteiger partial charge on any atom is 0.306 e. The maximum absolute atomic E-state index is 14.0. The van der Waals surface area contributed by atoms with E-state index in [0.29, 0.717) is 32.1 Å². The largest absolute Gasteiger partial charge is 0.466 e. The Morgan fingerprint density at radius 2 is 0.806 bits per heavy atom. The lowest BCUT2D eigenvalue weighted by molar-refractivity contribution is -0.146. The highest BCUT2D eigenvalue weighted by Gasteiger charge is 2.45. The molecule has 0 saturated heterocycles. The van der Waals surface area contributed by atoms with Crippen molar-refractivity contribution in [2.75, 3.05) is 85.8 Å². The molecule has 26 heteroatoms. The number of nitrogens with one attached hydrogen (secondary N) is 5. The van der Waals surface area contributed by atoms with Crippen molar-refractivity contribution in [3.05, 3.63) is 35.9 Å². The summed E-state index contributed by atoms with van der Waals surface area (Å²) in [7, 11) is 0. The zero-order chi connectivity index (χ0) is 72.3. The summed E-state index contributed by atoms with van der Waals surface area (Å²) < 4.78 is 59.1. The molecule has 3 saturated carbocycles. The zero-order valence-corrected chi connectivity index (χ0v) is 60.2. The predicted molar refractivity (Wildman–Crippen MR) is 360 cm³/mol. The molecule has 0 aromatic heterocycles. The molecule has 15 atom stereocenters. The molecule has 98 heavy (non-hydrogen) atoms. The van der Waals surface area contributed by atoms with E-state index in [1.807, 2.05) is 51.1 Å². The molecule has 4 rings (SSSR count). The van der Waals surface area contributed by atoms with Gasteiger partial charge < -0.3 is 74.0 Å². The molecule has 3 fully saturated rings. The Balaban J connectivity index is 1.44. The van der Waals surface area contributed by atoms with Crippen molar-refractivity contribution < 1.29 is 100 Å². The van der Waals surface area contributed by atoms with E-state index in [2.05, 4.69) is 47.4 Å². The lowest BCUT2D eigenvalue weighted by atomic mass is 9.70. The average molecular weight is 1390 g/mol. The third kappa shape index (κ3) is 31.4. The first-order valence-electron chi connectivity index (χ1n) is 35.2. The van der Waals surface area contributed by atoms with Crippen molar-refractivity contribution in [1.29, 1.82) is 0 Å². The Morgan fingerprint density at radius 3 is 1.19 bits per heavy atom. The molecule has 0 aliphatic heterocycles. The van der Waals surface area contributed by atoms with E-state index in [-0.39, 0.29) is 280 Å². The molecule has 5 N–H and O–H groups in total. The van der Waals surface area contributed by atoms with Crippen LogP contribution in [0.1, 0.15) is 172 Å². The quantitative estimate of drug-likeness (QED) is 0.0283. The number of hydrogen-bond donors (Lipinski definition) is 5. The van der Waals surface area contributed by atoms with Crippen LogP contribution in [0.15, 0.2) is 30.3 Å². The summed E-state index contributed by atoms with van der Waals surface area (Å²) in [4.78, 5) is 139. The summed E-state index contributed by atoms with van der Waals surface area (Å²) in [6.45, 7) is 21.2. The van der Waals surface area contributed by atoms with Crippen molar-refractivity contribution in [2.24, 2.45) is 53.3 Å². The van der Waals surface area contributed by atoms with E-state index in [1.54, 1.807) is 0 Å². The monoisotopic (exact) mass is 1390 g/mol. The van der Waals surface area contributed by atoms with Gasteiger partial charge in [-0.15, -0.1) is 0 Å². The number of ketones is 2. The van der Waals surface area contributed by atoms with Gasteiger partial charge in [0, 0.05) is 106 Å². The second-order valence-corrected chi connectivity index (χ2v) is 27.3. The SMILES string of the molecule is CC(=O)NC1C(OCCCC(=O)CCOCC(COCCC(=O)CCCOC2CC(COC(C)=O)C(C)C(C)C2NC(C)=O)(COCCC(=O)NCCOC2CC(COC(C)=O)C(C)C(C)C2NC(C)=O)NC(=O)CCCC(=O)OCc2ccccc2)CC(COC(C)=O)C(C)C1C. The number of ether oxygens (including phenoxy) is 10. The van der Waals surface area contributed by atoms with E-state index in [0.717, 1.165) is 5.56 Å². The van der Waals surface area contributed by atoms with E-state index in [4.69, 9.17) is 47.4 Å². The molecule has 1 aromatic carbocycles. The molecule has 0 bridgehead atoms. The minimum atomic E-state index is -1.45. The number of carbonyl (C=O) groups is 11. The van der Waals surface area contributed by atoms with Gasteiger partial charge in [-0.3, -0.25) is 52.7 Å². The second-order valence-electron chi connectivity index (χ2n) is 27.3. The Kier molecular flexibility index (Phi) is 38.2. The average Bonchev–Trinajstić information content (AvgIpc) is 0.827. The Morgan fingerprint density at radius 1 is 0.418 bits per heavy atom. The van der Waals surface area contributed by atoms with Crippen LogP contribution in [-0.2, 0) is 107 Å². The summed E-state index contributed by atoms with van der Waals surface area (Å²) in [6.07, 6.45) is 1.38. The number of carbonyl (C=O) groups excluding carboxylic acids is 11. The fourth-order valence-corrected chi connectivity index (χ4v) is 13.4. The standard InChI is InChI=1S/C72H115N5O21/c1-45-48(4)69(74-51(7)78)63(35-58(45)39-95-54(10)81)92-29-17-21-61(84)25-31-89-42-72(77-67(87)23-16-24-68(88)98-38-57-19-14-13-15-20-57,43-90-32-26-62(85)22-18-30-93-64-36-59(40-96-55(11)82)46(2)49(5)70(64)75-52(8)79)44-91-33-27-66(86)73-28-34-94-65-37-60(41-97-56(12)83)47(3)50(6)71(65)76-53(9)80/h13-15,19-20,45-50,58-60,63-65,69-71H,16-18,21-44H2,1-12H3,(H,73,86)(H,74,78)(H,75,79)(H,76,80)(H,77,87). The van der Waals surface area contributed by atoms with Gasteiger partial charge in [0.2, 0.25) is 29.5 Å². The lowest BCUT2D eigenvalue weighted by Gasteiger charge is -2.44. The maximum atomic E-state index is 14.0. The van der Waals surface area contributed by atoms with Gasteiger partial charge in [-0.25, -0.2) is 0 Å². The van der Waals surface area contributed by atoms with Crippen LogP contribution in [0.5, 0.6) is 0 Å². The number of esters is 4. The van der Waals surface area contributed by atoms with Crippen LogP contribution in [-0.4, -0.2) is 193 Å². The predicted octanol–water partition coefficient (Wildman–Crippen LogP) is 6.03. The van der Waals surface area contributed by atoms with Gasteiger partial charge in [-0.2, -0.15) is 0 Å². The van der Waals surface area contributed by atoms with Crippen LogP contribution in [0.3, 0.4) is 0 Å². The van der Waals surface area contributed by atoms with E-state index < -0.39 is 23.5 Å². The van der Waals surface area contributed by atoms with Crippen molar-refractivity contribution >= 4 is 65.0 Å². The van der Waals surface area contributed by atoms with Crippen LogP contribution < -0.4 is 26.6 Å². The lowest BCUT2D eigenvalue weighted by Crippen LogP contribution is -2.58. The molecule has 0 radical (unpaired) electrons. The molecule has 554 valence electrons. The van der Waals surface area contributed by atoms with Gasteiger partial charge in [0.1, 0.15) is 23.7 Å². The van der Waals surface area contributed by atoms with Crippen molar-refractivity contribution in [3.8, 4) is 0 Å². The zero-order valence-electron chi connectivity index (χ0n) is 60.2. The van der Waals surface area contributed by atoms with Crippen LogP contribution in [0.25, 0.3) is 0 Å². The van der Waals surface area contributed by atoms with E-state index in [9.17, 15) is 52.7 Å². The molecular formula is C72H115N5O21. The van der Waals surface area contributed by atoms with Gasteiger partial charge in [0.25, 0.3) is 0 Å². The van der Waals surface area contributed by atoms with Crippen molar-refractivity contribution in [2.45, 2.75) is 215 Å². The molecule has 5 amide bonds. The highest BCUT2D eigenvalue weighted by atomic mass is 16.6. The van der Waals surface area contributed by atoms with Gasteiger partial charge >= 0.3 is 23.9 Å². The molecule has 0 spiro atoms. The highest BCUT2D eigenvalue weighted by Crippen LogP contribution is 2.39. The smallest absolute Gasteiger partial charge is 0.306 e. The van der Waals surface area contributed by atoms with Crippen molar-refractivity contribution in [3.63, 3.8) is 0 Å². The Labute approximate surface area is 579 Å². The second kappa shape index (κ2) is 44.6. The normalized spacial score (nSPS) is 25.9. The van der Waals surface area contributed by atoms with Crippen LogP contribution in [0.4, 0.5) is 0 Å². The van der Waals surface area contributed by atoms with Crippen LogP contribution in [0, 0.1) is 53.3 Å². The summed E-state index contributed by atoms with van der Waals surface area (Å²) in [5.74, 6) is -2.89. The number of Topliss-reactive ketones (excluding diaryl/α,β-unsaturated/α-hetero) is 2. The first-order valence-corrected chi connectivity index (χ1v) is 35.2. The topological polar surface area (TPSA) is 340 Å². The van der Waals surface area contributed by atoms with Crippen LogP contribution >= 0.6 is 0 Å². The molecular weight excluding hydrogens is 1270 g/mol. The van der Waals surface area contributed by atoms with Crippen LogP contribution in [0.2, 0.25) is 0 Å². The first-order chi connectivity index (χ1) is 46.6. The van der Waals surface area contributed by atoms with Gasteiger partial charge in [0.15, 0.2) is 0 Å². The van der Waals surface area contributed by atoms with Crippen molar-refractivity contribution in [1.82, 2.24) is 26.6 Å². The third-order valence-corrected chi connectivity index (χ3v) is 19.5. The summed E-state index contributed by atoms with van der Waals surface area (Å²) in [6, 6.07) is 8.31. The molecule has 1 aromatic rings. The highest BCUT2D eigenvalue weighted by molar-refractivity contribution is 5.80. The van der Waals surface area contributed by atoms with Gasteiger partial charge in [0.05, 0.1) is 103 Å². The summed E-state index contributed by atoms with van der Waals surface area (Å²) in [5, 5.41) is 15.0. The minimum Gasteiger partial charge on any atom is -0.466 e. The molecule has 15 unspecified atom stereocenters. The third-order valence-electron chi connectivity index (χ3n) is 19.5. The fraction of sp³-hybridized carbons (Fsp3) is 0.764. The van der Waals surface area contributed by atoms with E-state index in [1.165, 1.54) is 41.5 Å². The summed E-state index contributed by atoms with van der Waals surface area (Å²) in [5.41, 5.74) is -0.643. The molecule has 0 heterocycles. The van der Waals surface area contributed by atoms with Gasteiger partial charge in [-0.1, -0.05) is 71.9 Å². The van der Waals surface area contributed by atoms with Gasteiger partial charge in [-0.05, 0) is 97.3 Å². The number of amides is 5. The minimum absolute atomic E-state index is 0.000797. The summed E-state index contributed by atoms with van der Waals surface area (Å²) >= 11 is 0. The number of rotatable bonds is 45. The molecule has 3 aliphatic carbocycles. The Hall–Kier alpha value is -6.45. The molecule has 26 nitrogen and oxygen atoms in total. The molecule has 3 aliphatic rings. The Bertz CT molecular complexity index is 2450.